The van der Waals surface area contributed by atoms with E-state index in [0.717, 1.165) is 28.9 Å². The van der Waals surface area contributed by atoms with Gasteiger partial charge in [0, 0.05) is 19.2 Å². The molecule has 0 saturated carbocycles. The molecule has 0 aliphatic rings. The van der Waals surface area contributed by atoms with Gasteiger partial charge < -0.3 is 19.2 Å². The highest BCUT2D eigenvalue weighted by Crippen LogP contribution is 2.18. The van der Waals surface area contributed by atoms with Crippen LogP contribution < -0.4 is 9.84 Å². The average molecular weight is 306 g/mol. The summed E-state index contributed by atoms with van der Waals surface area (Å²) in [6.07, 6.45) is 0.627. The Morgan fingerprint density at radius 2 is 2.05 bits per heavy atom. The Labute approximate surface area is 127 Å². The zero-order valence-electron chi connectivity index (χ0n) is 11.9. The second-order valence-corrected chi connectivity index (χ2v) is 5.31. The van der Waals surface area contributed by atoms with Crippen LogP contribution in [0.3, 0.4) is 0 Å². The molecule has 0 N–H and O–H groups in total. The molecule has 0 aliphatic carbocycles. The Morgan fingerprint density at radius 1 is 1.33 bits per heavy atom. The highest BCUT2D eigenvalue weighted by molar-refractivity contribution is 7.99. The van der Waals surface area contributed by atoms with Crippen molar-refractivity contribution >= 4 is 17.7 Å². The molecule has 0 aliphatic heterocycles. The summed E-state index contributed by atoms with van der Waals surface area (Å²) >= 11 is 1.10. The van der Waals surface area contributed by atoms with Gasteiger partial charge in [0.15, 0.2) is 5.16 Å². The minimum absolute atomic E-state index is 0.130. The Kier molecular flexibility index (Phi) is 5.21. The Balaban J connectivity index is 2.04. The molecule has 7 heteroatoms. The summed E-state index contributed by atoms with van der Waals surface area (Å²) in [6.45, 7) is 2.58. The molecule has 1 heterocycles. The molecule has 0 bridgehead atoms. The number of aliphatic carboxylic acids is 1. The van der Waals surface area contributed by atoms with Crippen LogP contribution in [0.25, 0.3) is 0 Å². The van der Waals surface area contributed by atoms with Gasteiger partial charge in [-0.2, -0.15) is 0 Å². The summed E-state index contributed by atoms with van der Waals surface area (Å²) in [4.78, 5) is 10.5. The van der Waals surface area contributed by atoms with Crippen LogP contribution in [-0.2, 0) is 18.3 Å². The Hall–Kier alpha value is -2.02. The van der Waals surface area contributed by atoms with E-state index >= 15 is 0 Å². The average Bonchev–Trinajstić information content (AvgIpc) is 2.80. The van der Waals surface area contributed by atoms with Crippen molar-refractivity contribution in [2.75, 3.05) is 12.4 Å². The van der Waals surface area contributed by atoms with Gasteiger partial charge in [-0.05, 0) is 24.6 Å². The molecule has 0 fully saturated rings. The van der Waals surface area contributed by atoms with Gasteiger partial charge in [0.1, 0.15) is 11.6 Å². The van der Waals surface area contributed by atoms with Gasteiger partial charge in [0.2, 0.25) is 0 Å². The van der Waals surface area contributed by atoms with E-state index in [0.29, 0.717) is 18.2 Å². The molecule has 0 unspecified atom stereocenters. The number of hydrogen-bond acceptors (Lipinski definition) is 6. The topological polar surface area (TPSA) is 80.1 Å². The SMILES string of the molecule is CCOc1ccc(Cc2nnc(SCC(=O)[O-])n2C)cc1. The van der Waals surface area contributed by atoms with Crippen molar-refractivity contribution in [3.63, 3.8) is 0 Å². The number of benzene rings is 1. The van der Waals surface area contributed by atoms with E-state index in [1.807, 2.05) is 38.2 Å². The highest BCUT2D eigenvalue weighted by atomic mass is 32.2. The second-order valence-electron chi connectivity index (χ2n) is 4.37. The first-order valence-corrected chi connectivity index (χ1v) is 7.51. The van der Waals surface area contributed by atoms with Crippen molar-refractivity contribution in [2.24, 2.45) is 7.05 Å². The minimum Gasteiger partial charge on any atom is -0.549 e. The molecule has 21 heavy (non-hydrogen) atoms. The molecule has 112 valence electrons. The van der Waals surface area contributed by atoms with Gasteiger partial charge in [0.05, 0.1) is 12.6 Å². The molecule has 0 spiro atoms. The molecule has 6 nitrogen and oxygen atoms in total. The maximum Gasteiger partial charge on any atom is 0.191 e. The predicted octanol–water partition coefficient (Wildman–Crippen LogP) is 0.647. The number of ether oxygens (including phenoxy) is 1. The first-order chi connectivity index (χ1) is 10.1. The van der Waals surface area contributed by atoms with Crippen molar-refractivity contribution in [1.29, 1.82) is 0 Å². The molecule has 0 amide bonds. The molecular formula is C14H16N3O3S-. The van der Waals surface area contributed by atoms with Gasteiger partial charge in [-0.25, -0.2) is 0 Å². The fourth-order valence-electron chi connectivity index (χ4n) is 1.80. The summed E-state index contributed by atoms with van der Waals surface area (Å²) in [5.74, 6) is 0.371. The van der Waals surface area contributed by atoms with Crippen molar-refractivity contribution in [3.05, 3.63) is 35.7 Å². The van der Waals surface area contributed by atoms with Crippen molar-refractivity contribution in [1.82, 2.24) is 14.8 Å². The van der Waals surface area contributed by atoms with Gasteiger partial charge in [-0.15, -0.1) is 10.2 Å². The maximum atomic E-state index is 10.5. The monoisotopic (exact) mass is 306 g/mol. The number of carboxylic acids is 1. The fraction of sp³-hybridized carbons (Fsp3) is 0.357. The third-order valence-corrected chi connectivity index (χ3v) is 3.83. The zero-order chi connectivity index (χ0) is 15.2. The summed E-state index contributed by atoms with van der Waals surface area (Å²) in [5.41, 5.74) is 1.09. The summed E-state index contributed by atoms with van der Waals surface area (Å²) in [7, 11) is 1.82. The number of rotatable bonds is 7. The third-order valence-electron chi connectivity index (χ3n) is 2.84. The van der Waals surface area contributed by atoms with Gasteiger partial charge >= 0.3 is 0 Å². The lowest BCUT2D eigenvalue weighted by Gasteiger charge is -2.06. The van der Waals surface area contributed by atoms with Crippen LogP contribution in [0.4, 0.5) is 0 Å². The van der Waals surface area contributed by atoms with E-state index in [9.17, 15) is 9.90 Å². The van der Waals surface area contributed by atoms with Crippen LogP contribution in [0, 0.1) is 0 Å². The van der Waals surface area contributed by atoms with Gasteiger partial charge in [-0.3, -0.25) is 0 Å². The minimum atomic E-state index is -1.11. The van der Waals surface area contributed by atoms with E-state index in [-0.39, 0.29) is 5.75 Å². The number of carboxylic acid groups (broad SMARTS) is 1. The largest absolute Gasteiger partial charge is 0.549 e. The Bertz CT molecular complexity index is 610. The molecule has 0 atom stereocenters. The molecule has 1 aromatic heterocycles. The molecule has 2 aromatic rings. The van der Waals surface area contributed by atoms with Crippen LogP contribution in [0.1, 0.15) is 18.3 Å². The van der Waals surface area contributed by atoms with Crippen LogP contribution in [-0.4, -0.2) is 33.1 Å². The lowest BCUT2D eigenvalue weighted by Crippen LogP contribution is -2.24. The van der Waals surface area contributed by atoms with Crippen molar-refractivity contribution < 1.29 is 14.6 Å². The third kappa shape index (κ3) is 4.22. The van der Waals surface area contributed by atoms with Crippen molar-refractivity contribution in [2.45, 2.75) is 18.5 Å². The Morgan fingerprint density at radius 3 is 2.67 bits per heavy atom. The van der Waals surface area contributed by atoms with E-state index in [2.05, 4.69) is 10.2 Å². The number of thioether (sulfide) groups is 1. The normalized spacial score (nSPS) is 10.6. The van der Waals surface area contributed by atoms with E-state index in [1.54, 1.807) is 4.57 Å². The predicted molar refractivity (Wildman–Crippen MR) is 77.2 cm³/mol. The molecular weight excluding hydrogens is 290 g/mol. The van der Waals surface area contributed by atoms with Crippen LogP contribution in [0.15, 0.2) is 29.4 Å². The lowest BCUT2D eigenvalue weighted by molar-refractivity contribution is -0.301. The fourth-order valence-corrected chi connectivity index (χ4v) is 2.45. The number of carbonyl (C=O) groups is 1. The van der Waals surface area contributed by atoms with Gasteiger partial charge in [-0.1, -0.05) is 23.9 Å². The number of carbonyl (C=O) groups excluding carboxylic acids is 1. The summed E-state index contributed by atoms with van der Waals surface area (Å²) in [6, 6.07) is 7.79. The molecule has 2 rings (SSSR count). The number of nitrogens with zero attached hydrogens (tertiary/aromatic N) is 3. The second kappa shape index (κ2) is 7.12. The maximum absolute atomic E-state index is 10.5. The molecule has 1 aromatic carbocycles. The molecule has 0 radical (unpaired) electrons. The van der Waals surface area contributed by atoms with E-state index in [1.165, 1.54) is 0 Å². The van der Waals surface area contributed by atoms with E-state index < -0.39 is 5.97 Å². The standard InChI is InChI=1S/C14H17N3O3S/c1-3-20-11-6-4-10(5-7-11)8-12-15-16-14(17(12)2)21-9-13(18)19/h4-7H,3,8-9H2,1-2H3,(H,18,19)/p-1. The first kappa shape index (κ1) is 15.4. The summed E-state index contributed by atoms with van der Waals surface area (Å²) in [5, 5.41) is 19.1. The summed E-state index contributed by atoms with van der Waals surface area (Å²) < 4.78 is 7.19. The lowest BCUT2D eigenvalue weighted by atomic mass is 10.1. The highest BCUT2D eigenvalue weighted by Gasteiger charge is 2.10. The smallest absolute Gasteiger partial charge is 0.191 e. The zero-order valence-corrected chi connectivity index (χ0v) is 12.7. The van der Waals surface area contributed by atoms with Crippen LogP contribution in [0.2, 0.25) is 0 Å². The van der Waals surface area contributed by atoms with Crippen LogP contribution in [0.5, 0.6) is 5.75 Å². The van der Waals surface area contributed by atoms with Crippen molar-refractivity contribution in [3.8, 4) is 5.75 Å². The van der Waals surface area contributed by atoms with Crippen LogP contribution >= 0.6 is 11.8 Å². The quantitative estimate of drug-likeness (QED) is 0.699. The number of hydrogen-bond donors (Lipinski definition) is 0. The molecule has 0 saturated heterocycles. The van der Waals surface area contributed by atoms with E-state index in [4.69, 9.17) is 4.74 Å². The first-order valence-electron chi connectivity index (χ1n) is 6.52. The number of aromatic nitrogens is 3. The van der Waals surface area contributed by atoms with Gasteiger partial charge in [0.25, 0.3) is 0 Å².